The smallest absolute Gasteiger partial charge is 0.250 e. The Labute approximate surface area is 269 Å². The Morgan fingerprint density at radius 3 is 2.24 bits per heavy atom. The average Bonchev–Trinajstić information content (AvgIpc) is 3.34. The number of hydrogen-bond donors (Lipinski definition) is 2. The summed E-state index contributed by atoms with van der Waals surface area (Å²) in [6.07, 6.45) is 4.51. The molecule has 0 radical (unpaired) electrons. The van der Waals surface area contributed by atoms with E-state index < -0.39 is 5.41 Å². The van der Waals surface area contributed by atoms with Crippen molar-refractivity contribution in [2.75, 3.05) is 26.2 Å². The largest absolute Gasteiger partial charge is 0.353 e. The van der Waals surface area contributed by atoms with Crippen molar-refractivity contribution < 1.29 is 4.79 Å². The maximum atomic E-state index is 14.1. The number of aromatic amines is 1. The maximum absolute atomic E-state index is 14.1. The topological polar surface area (TPSA) is 83.0 Å². The Balaban J connectivity index is 1.70. The predicted molar refractivity (Wildman–Crippen MR) is 187 cm³/mol. The monoisotopic (exact) mass is 611 g/mol. The molecule has 0 saturated heterocycles. The number of rotatable bonds is 13. The highest BCUT2D eigenvalue weighted by Gasteiger charge is 2.36. The summed E-state index contributed by atoms with van der Waals surface area (Å²) in [7, 11) is 1.77. The van der Waals surface area contributed by atoms with E-state index in [9.17, 15) is 9.59 Å². The summed E-state index contributed by atoms with van der Waals surface area (Å²) < 4.78 is 1.59. The van der Waals surface area contributed by atoms with E-state index >= 15 is 0 Å². The summed E-state index contributed by atoms with van der Waals surface area (Å²) in [5.41, 5.74) is 7.95. The van der Waals surface area contributed by atoms with Crippen LogP contribution in [-0.2, 0) is 23.7 Å². The van der Waals surface area contributed by atoms with Gasteiger partial charge in [0.1, 0.15) is 0 Å². The fourth-order valence-corrected chi connectivity index (χ4v) is 6.34. The van der Waals surface area contributed by atoms with E-state index in [1.54, 1.807) is 17.7 Å². The number of carbonyl (C=O) groups excluding carboxylic acids is 1. The SMILES string of the molecule is Cc1cc(C)cc(-c2[nH]c3cnc(C(C)(C)C(=O)N(CC(C)C)CC(C)C)cc3c2[C@H](C)CNCCc2ccn(C)c(=O)c2)c1. The van der Waals surface area contributed by atoms with E-state index in [2.05, 4.69) is 83.0 Å². The molecule has 4 aromatic rings. The lowest BCUT2D eigenvalue weighted by Gasteiger charge is -2.34. The van der Waals surface area contributed by atoms with E-state index in [1.165, 1.54) is 16.7 Å². The van der Waals surface area contributed by atoms with Gasteiger partial charge in [-0.05, 0) is 99.4 Å². The molecular weight excluding hydrogens is 558 g/mol. The van der Waals surface area contributed by atoms with Crippen LogP contribution in [0.3, 0.4) is 0 Å². The minimum absolute atomic E-state index is 0.0140. The first-order valence-corrected chi connectivity index (χ1v) is 16.4. The first-order chi connectivity index (χ1) is 21.2. The second kappa shape index (κ2) is 14.2. The van der Waals surface area contributed by atoms with Gasteiger partial charge in [0.15, 0.2) is 0 Å². The first-order valence-electron chi connectivity index (χ1n) is 16.4. The molecule has 0 fully saturated rings. The second-order valence-electron chi connectivity index (χ2n) is 14.4. The summed E-state index contributed by atoms with van der Waals surface area (Å²) in [4.78, 5) is 36.7. The van der Waals surface area contributed by atoms with Crippen molar-refractivity contribution in [3.05, 3.63) is 87.1 Å². The molecule has 7 nitrogen and oxygen atoms in total. The van der Waals surface area contributed by atoms with Crippen LogP contribution in [0.2, 0.25) is 0 Å². The number of H-pyrrole nitrogens is 1. The molecule has 2 N–H and O–H groups in total. The van der Waals surface area contributed by atoms with E-state index in [4.69, 9.17) is 4.98 Å². The Morgan fingerprint density at radius 2 is 1.64 bits per heavy atom. The third kappa shape index (κ3) is 8.12. The maximum Gasteiger partial charge on any atom is 0.250 e. The van der Waals surface area contributed by atoms with Crippen molar-refractivity contribution in [1.29, 1.82) is 0 Å². The lowest BCUT2D eigenvalue weighted by molar-refractivity contribution is -0.137. The predicted octanol–water partition coefficient (Wildman–Crippen LogP) is 6.90. The van der Waals surface area contributed by atoms with Gasteiger partial charge in [-0.3, -0.25) is 14.6 Å². The molecule has 0 aliphatic rings. The van der Waals surface area contributed by atoms with Crippen LogP contribution in [-0.4, -0.2) is 51.5 Å². The van der Waals surface area contributed by atoms with Gasteiger partial charge in [0, 0.05) is 44.3 Å². The number of aromatic nitrogens is 3. The number of pyridine rings is 2. The third-order valence-electron chi connectivity index (χ3n) is 8.57. The minimum atomic E-state index is -0.777. The summed E-state index contributed by atoms with van der Waals surface area (Å²) in [6.45, 7) is 22.2. The van der Waals surface area contributed by atoms with Crippen LogP contribution in [0, 0.1) is 25.7 Å². The highest BCUT2D eigenvalue weighted by molar-refractivity contribution is 5.93. The fraction of sp³-hybridized carbons (Fsp3) is 0.500. The Morgan fingerprint density at radius 1 is 1.00 bits per heavy atom. The van der Waals surface area contributed by atoms with E-state index in [0.29, 0.717) is 11.8 Å². The summed E-state index contributed by atoms with van der Waals surface area (Å²) in [6, 6.07) is 12.5. The van der Waals surface area contributed by atoms with Crippen molar-refractivity contribution in [3.63, 3.8) is 0 Å². The molecule has 7 heteroatoms. The molecule has 0 aliphatic carbocycles. The lowest BCUT2D eigenvalue weighted by atomic mass is 9.85. The Bertz CT molecular complexity index is 1660. The van der Waals surface area contributed by atoms with E-state index in [0.717, 1.165) is 66.0 Å². The van der Waals surface area contributed by atoms with Gasteiger partial charge in [0.2, 0.25) is 5.91 Å². The van der Waals surface area contributed by atoms with Gasteiger partial charge in [-0.25, -0.2) is 0 Å². The van der Waals surface area contributed by atoms with Gasteiger partial charge in [-0.15, -0.1) is 0 Å². The number of benzene rings is 1. The molecule has 0 spiro atoms. The van der Waals surface area contributed by atoms with E-state index in [1.807, 2.05) is 37.2 Å². The molecule has 242 valence electrons. The van der Waals surface area contributed by atoms with Crippen molar-refractivity contribution in [2.45, 2.75) is 80.1 Å². The van der Waals surface area contributed by atoms with Crippen LogP contribution in [0.15, 0.2) is 53.6 Å². The van der Waals surface area contributed by atoms with Gasteiger partial charge in [-0.1, -0.05) is 51.8 Å². The molecule has 1 aromatic carbocycles. The molecule has 3 aromatic heterocycles. The molecule has 1 atom stereocenters. The summed E-state index contributed by atoms with van der Waals surface area (Å²) in [5, 5.41) is 4.74. The van der Waals surface area contributed by atoms with Gasteiger partial charge < -0.3 is 19.8 Å². The molecule has 0 saturated carbocycles. The van der Waals surface area contributed by atoms with Crippen molar-refractivity contribution >= 4 is 16.8 Å². The number of amides is 1. The number of nitrogens with one attached hydrogen (secondary N) is 2. The standard InChI is InChI=1S/C38H53N5O2/c1-24(2)22-43(23-25(3)4)37(45)38(8,9)33-19-31-32(21-40-33)41-36(30-16-26(5)15-27(6)17-30)35(31)28(7)20-39-13-11-29-12-14-42(10)34(44)18-29/h12,14-19,21,24-25,28,39,41H,11,13,20,22-23H2,1-10H3/t28-/m1/s1. The number of nitrogens with zero attached hydrogens (tertiary/aromatic N) is 3. The van der Waals surface area contributed by atoms with Crippen LogP contribution in [0.5, 0.6) is 0 Å². The van der Waals surface area contributed by atoms with Gasteiger partial charge in [0.05, 0.1) is 28.5 Å². The van der Waals surface area contributed by atoms with Crippen LogP contribution < -0.4 is 10.9 Å². The molecule has 3 heterocycles. The van der Waals surface area contributed by atoms with E-state index in [-0.39, 0.29) is 17.4 Å². The third-order valence-corrected chi connectivity index (χ3v) is 8.57. The first kappa shape index (κ1) is 34.2. The van der Waals surface area contributed by atoms with Gasteiger partial charge >= 0.3 is 0 Å². The second-order valence-corrected chi connectivity index (χ2v) is 14.4. The van der Waals surface area contributed by atoms with Gasteiger partial charge in [-0.2, -0.15) is 0 Å². The van der Waals surface area contributed by atoms with Crippen LogP contribution in [0.4, 0.5) is 0 Å². The Hall–Kier alpha value is -3.71. The number of hydrogen-bond acceptors (Lipinski definition) is 4. The Kier molecular flexibility index (Phi) is 10.7. The summed E-state index contributed by atoms with van der Waals surface area (Å²) >= 11 is 0. The minimum Gasteiger partial charge on any atom is -0.353 e. The quantitative estimate of drug-likeness (QED) is 0.161. The molecule has 0 unspecified atom stereocenters. The highest BCUT2D eigenvalue weighted by atomic mass is 16.2. The lowest BCUT2D eigenvalue weighted by Crippen LogP contribution is -2.46. The molecule has 0 bridgehead atoms. The fourth-order valence-electron chi connectivity index (χ4n) is 6.34. The van der Waals surface area contributed by atoms with Crippen molar-refractivity contribution in [3.8, 4) is 11.3 Å². The zero-order valence-corrected chi connectivity index (χ0v) is 29.0. The molecule has 45 heavy (non-hydrogen) atoms. The van der Waals surface area contributed by atoms with Crippen molar-refractivity contribution in [1.82, 2.24) is 24.8 Å². The van der Waals surface area contributed by atoms with Crippen LogP contribution >= 0.6 is 0 Å². The van der Waals surface area contributed by atoms with Crippen molar-refractivity contribution in [2.24, 2.45) is 18.9 Å². The zero-order valence-electron chi connectivity index (χ0n) is 29.0. The number of fused-ring (bicyclic) bond motifs is 1. The molecular formula is C38H53N5O2. The molecule has 0 aliphatic heterocycles. The summed E-state index contributed by atoms with van der Waals surface area (Å²) in [5.74, 6) is 1.06. The van der Waals surface area contributed by atoms with Gasteiger partial charge in [0.25, 0.3) is 5.56 Å². The van der Waals surface area contributed by atoms with Crippen LogP contribution in [0.1, 0.15) is 82.3 Å². The number of aryl methyl sites for hydroxylation is 3. The highest BCUT2D eigenvalue weighted by Crippen LogP contribution is 2.38. The van der Waals surface area contributed by atoms with Crippen LogP contribution in [0.25, 0.3) is 22.2 Å². The number of carbonyl (C=O) groups is 1. The average molecular weight is 612 g/mol. The normalized spacial score (nSPS) is 12.8. The zero-order chi connectivity index (χ0) is 33.1. The molecule has 4 rings (SSSR count). The molecule has 1 amide bonds.